The third-order valence-electron chi connectivity index (χ3n) is 3.18. The summed E-state index contributed by atoms with van der Waals surface area (Å²) in [5, 5.41) is 5.97. The number of rotatable bonds is 6. The second-order valence-electron chi connectivity index (χ2n) is 4.84. The van der Waals surface area contributed by atoms with Crippen molar-refractivity contribution in [2.45, 2.75) is 25.4 Å². The molecule has 0 aromatic carbocycles. The van der Waals surface area contributed by atoms with E-state index in [4.69, 9.17) is 0 Å². The van der Waals surface area contributed by atoms with E-state index in [-0.39, 0.29) is 5.37 Å². The predicted octanol–water partition coefficient (Wildman–Crippen LogP) is 1.17. The smallest absolute Gasteiger partial charge is 0.164 e. The summed E-state index contributed by atoms with van der Waals surface area (Å²) >= 11 is 3.34. The Hall–Kier alpha value is -0.150. The van der Waals surface area contributed by atoms with E-state index in [0.717, 1.165) is 36.1 Å². The Morgan fingerprint density at radius 3 is 3.05 bits per heavy atom. The van der Waals surface area contributed by atoms with Gasteiger partial charge in [-0.25, -0.2) is 13.4 Å². The van der Waals surface area contributed by atoms with Gasteiger partial charge in [-0.1, -0.05) is 6.92 Å². The first-order chi connectivity index (χ1) is 9.50. The summed E-state index contributed by atoms with van der Waals surface area (Å²) < 4.78 is 23.7. The lowest BCUT2D eigenvalue weighted by Crippen LogP contribution is -2.46. The fourth-order valence-corrected chi connectivity index (χ4v) is 5.83. The summed E-state index contributed by atoms with van der Waals surface area (Å²) in [5.41, 5.74) is 0.975. The molecule has 1 aliphatic rings. The molecule has 1 N–H and O–H groups in total. The normalized spacial score (nSPS) is 21.2. The van der Waals surface area contributed by atoms with Crippen molar-refractivity contribution in [2.75, 3.05) is 30.9 Å². The van der Waals surface area contributed by atoms with Gasteiger partial charge in [0.1, 0.15) is 10.4 Å². The maximum absolute atomic E-state index is 11.9. The zero-order valence-corrected chi connectivity index (χ0v) is 14.3. The molecule has 0 spiro atoms. The van der Waals surface area contributed by atoms with Crippen molar-refractivity contribution in [3.8, 4) is 0 Å². The van der Waals surface area contributed by atoms with Crippen molar-refractivity contribution in [1.82, 2.24) is 15.2 Å². The van der Waals surface area contributed by atoms with Gasteiger partial charge in [0.2, 0.25) is 0 Å². The van der Waals surface area contributed by atoms with E-state index in [2.05, 4.69) is 17.2 Å². The topological polar surface area (TPSA) is 62.3 Å². The third kappa shape index (κ3) is 4.42. The van der Waals surface area contributed by atoms with E-state index in [1.165, 1.54) is 6.26 Å². The Morgan fingerprint density at radius 1 is 1.55 bits per heavy atom. The van der Waals surface area contributed by atoms with Gasteiger partial charge in [-0.15, -0.1) is 11.3 Å². The molecule has 5 nitrogen and oxygen atoms in total. The number of nitrogens with one attached hydrogen (secondary N) is 1. The van der Waals surface area contributed by atoms with Crippen molar-refractivity contribution < 1.29 is 8.42 Å². The van der Waals surface area contributed by atoms with Crippen molar-refractivity contribution in [3.63, 3.8) is 0 Å². The van der Waals surface area contributed by atoms with E-state index in [9.17, 15) is 8.42 Å². The molecule has 1 aromatic heterocycles. The SMILES string of the molecule is CCNCc1nc(CN2CCSCC2S(C)(=O)=O)cs1. The Labute approximate surface area is 129 Å². The van der Waals surface area contributed by atoms with Crippen LogP contribution >= 0.6 is 23.1 Å². The lowest BCUT2D eigenvalue weighted by Gasteiger charge is -2.33. The second-order valence-corrected chi connectivity index (χ2v) is 9.14. The van der Waals surface area contributed by atoms with Crippen LogP contribution in [0.5, 0.6) is 0 Å². The molecule has 1 unspecified atom stereocenters. The molecule has 2 rings (SSSR count). The fourth-order valence-electron chi connectivity index (χ4n) is 2.13. The molecule has 1 aliphatic heterocycles. The first kappa shape index (κ1) is 16.2. The number of nitrogens with zero attached hydrogens (tertiary/aromatic N) is 2. The molecular formula is C12H21N3O2S3. The number of thioether (sulfide) groups is 1. The average Bonchev–Trinajstić information content (AvgIpc) is 2.83. The molecule has 8 heteroatoms. The van der Waals surface area contributed by atoms with Gasteiger partial charge < -0.3 is 5.32 Å². The van der Waals surface area contributed by atoms with Crippen LogP contribution in [0.15, 0.2) is 5.38 Å². The van der Waals surface area contributed by atoms with Crippen LogP contribution in [-0.2, 0) is 22.9 Å². The molecule has 20 heavy (non-hydrogen) atoms. The van der Waals surface area contributed by atoms with Gasteiger partial charge in [-0.3, -0.25) is 4.90 Å². The van der Waals surface area contributed by atoms with Crippen LogP contribution in [0.25, 0.3) is 0 Å². The van der Waals surface area contributed by atoms with Crippen LogP contribution in [0.2, 0.25) is 0 Å². The van der Waals surface area contributed by atoms with Gasteiger partial charge in [0.25, 0.3) is 0 Å². The van der Waals surface area contributed by atoms with E-state index in [1.54, 1.807) is 23.1 Å². The first-order valence-electron chi connectivity index (χ1n) is 6.65. The van der Waals surface area contributed by atoms with Gasteiger partial charge in [-0.05, 0) is 6.54 Å². The van der Waals surface area contributed by atoms with Crippen molar-refractivity contribution in [2.24, 2.45) is 0 Å². The first-order valence-corrected chi connectivity index (χ1v) is 10.6. The molecule has 0 amide bonds. The molecule has 1 fully saturated rings. The number of sulfone groups is 1. The van der Waals surface area contributed by atoms with Gasteiger partial charge >= 0.3 is 0 Å². The highest BCUT2D eigenvalue weighted by atomic mass is 32.2. The molecule has 0 saturated carbocycles. The van der Waals surface area contributed by atoms with Crippen LogP contribution in [0.3, 0.4) is 0 Å². The number of aromatic nitrogens is 1. The fraction of sp³-hybridized carbons (Fsp3) is 0.750. The quantitative estimate of drug-likeness (QED) is 0.842. The molecule has 1 saturated heterocycles. The van der Waals surface area contributed by atoms with E-state index in [0.29, 0.717) is 12.3 Å². The Bertz CT molecular complexity index is 530. The van der Waals surface area contributed by atoms with Crippen LogP contribution in [0.4, 0.5) is 0 Å². The average molecular weight is 336 g/mol. The van der Waals surface area contributed by atoms with Gasteiger partial charge in [-0.2, -0.15) is 11.8 Å². The van der Waals surface area contributed by atoms with Crippen molar-refractivity contribution in [1.29, 1.82) is 0 Å². The van der Waals surface area contributed by atoms with Gasteiger partial charge in [0, 0.05) is 42.8 Å². The summed E-state index contributed by atoms with van der Waals surface area (Å²) in [6, 6.07) is 0. The van der Waals surface area contributed by atoms with Gasteiger partial charge in [0.05, 0.1) is 5.69 Å². The van der Waals surface area contributed by atoms with Crippen LogP contribution in [-0.4, -0.2) is 54.5 Å². The highest BCUT2D eigenvalue weighted by molar-refractivity contribution is 8.00. The summed E-state index contributed by atoms with van der Waals surface area (Å²) in [7, 11) is -3.03. The van der Waals surface area contributed by atoms with E-state index >= 15 is 0 Å². The van der Waals surface area contributed by atoms with Crippen molar-refractivity contribution in [3.05, 3.63) is 16.1 Å². The summed E-state index contributed by atoms with van der Waals surface area (Å²) in [6.45, 7) is 5.21. The second kappa shape index (κ2) is 7.22. The number of thiazole rings is 1. The Kier molecular flexibility index (Phi) is 5.85. The summed E-state index contributed by atoms with van der Waals surface area (Å²) in [6.07, 6.45) is 1.33. The summed E-state index contributed by atoms with van der Waals surface area (Å²) in [5.74, 6) is 1.65. The predicted molar refractivity (Wildman–Crippen MR) is 85.9 cm³/mol. The Balaban J connectivity index is 2.01. The zero-order valence-electron chi connectivity index (χ0n) is 11.8. The molecule has 114 valence electrons. The third-order valence-corrected chi connectivity index (χ3v) is 6.76. The monoisotopic (exact) mass is 335 g/mol. The lowest BCUT2D eigenvalue weighted by atomic mass is 10.4. The van der Waals surface area contributed by atoms with Crippen molar-refractivity contribution >= 4 is 32.9 Å². The lowest BCUT2D eigenvalue weighted by molar-refractivity contribution is 0.259. The highest BCUT2D eigenvalue weighted by Gasteiger charge is 2.31. The molecular weight excluding hydrogens is 314 g/mol. The van der Waals surface area contributed by atoms with Crippen LogP contribution in [0, 0.1) is 0 Å². The molecule has 0 bridgehead atoms. The van der Waals surface area contributed by atoms with E-state index < -0.39 is 9.84 Å². The number of hydrogen-bond acceptors (Lipinski definition) is 7. The maximum atomic E-state index is 11.9. The standard InChI is InChI=1S/C12H21N3O2S3/c1-3-13-6-11-14-10(8-19-11)7-15-4-5-18-9-12(15)20(2,16)17/h8,12-13H,3-7,9H2,1-2H3. The number of hydrogen-bond donors (Lipinski definition) is 1. The molecule has 2 heterocycles. The minimum atomic E-state index is -3.03. The zero-order chi connectivity index (χ0) is 14.6. The minimum Gasteiger partial charge on any atom is -0.311 e. The maximum Gasteiger partial charge on any atom is 0.164 e. The van der Waals surface area contributed by atoms with E-state index in [1.807, 2.05) is 10.3 Å². The van der Waals surface area contributed by atoms with Crippen LogP contribution < -0.4 is 5.32 Å². The highest BCUT2D eigenvalue weighted by Crippen LogP contribution is 2.23. The largest absolute Gasteiger partial charge is 0.311 e. The summed E-state index contributed by atoms with van der Waals surface area (Å²) in [4.78, 5) is 6.61. The molecule has 0 radical (unpaired) electrons. The molecule has 0 aliphatic carbocycles. The van der Waals surface area contributed by atoms with Gasteiger partial charge in [0.15, 0.2) is 9.84 Å². The molecule has 1 atom stereocenters. The minimum absolute atomic E-state index is 0.375. The molecule has 1 aromatic rings. The van der Waals surface area contributed by atoms with Crippen LogP contribution in [0.1, 0.15) is 17.6 Å². The Morgan fingerprint density at radius 2 is 2.35 bits per heavy atom.